The highest BCUT2D eigenvalue weighted by Gasteiger charge is 2.14. The smallest absolute Gasteiger partial charge is 0.258 e. The summed E-state index contributed by atoms with van der Waals surface area (Å²) in [6, 6.07) is 15.8. The van der Waals surface area contributed by atoms with E-state index in [9.17, 15) is 4.79 Å². The highest BCUT2D eigenvalue weighted by Crippen LogP contribution is 2.32. The van der Waals surface area contributed by atoms with Gasteiger partial charge >= 0.3 is 0 Å². The molecule has 1 unspecified atom stereocenters. The molecule has 2 aromatic rings. The van der Waals surface area contributed by atoms with E-state index in [2.05, 4.69) is 6.07 Å². The number of carbonyl (C=O) groups excluding carboxylic acids is 1. The molecule has 1 amide bonds. The first-order chi connectivity index (χ1) is 9.99. The Morgan fingerprint density at radius 1 is 1.14 bits per heavy atom. The molecule has 21 heavy (non-hydrogen) atoms. The Hall–Kier alpha value is -2.49. The van der Waals surface area contributed by atoms with Gasteiger partial charge in [0.25, 0.3) is 5.91 Å². The Morgan fingerprint density at radius 2 is 1.86 bits per heavy atom. The van der Waals surface area contributed by atoms with Crippen LogP contribution in [0.2, 0.25) is 0 Å². The van der Waals surface area contributed by atoms with Crippen molar-refractivity contribution in [2.24, 2.45) is 5.73 Å². The van der Waals surface area contributed by atoms with Crippen LogP contribution in [0.5, 0.6) is 5.75 Å². The van der Waals surface area contributed by atoms with Crippen LogP contribution in [0, 0.1) is 0 Å². The van der Waals surface area contributed by atoms with Crippen molar-refractivity contribution in [2.45, 2.75) is 13.0 Å². The van der Waals surface area contributed by atoms with Crippen LogP contribution >= 0.6 is 0 Å². The van der Waals surface area contributed by atoms with Crippen molar-refractivity contribution in [1.82, 2.24) is 0 Å². The summed E-state index contributed by atoms with van der Waals surface area (Å²) in [5, 5.41) is 0. The van der Waals surface area contributed by atoms with E-state index < -0.39 is 12.0 Å². The van der Waals surface area contributed by atoms with E-state index >= 15 is 0 Å². The predicted octanol–water partition coefficient (Wildman–Crippen LogP) is 2.67. The maximum Gasteiger partial charge on any atom is 0.258 e. The zero-order valence-electron chi connectivity index (χ0n) is 12.5. The Balaban J connectivity index is 2.40. The molecule has 0 spiro atoms. The van der Waals surface area contributed by atoms with E-state index in [0.717, 1.165) is 16.8 Å². The molecule has 0 aliphatic carbocycles. The summed E-state index contributed by atoms with van der Waals surface area (Å²) in [4.78, 5) is 13.2. The molecule has 1 atom stereocenters. The van der Waals surface area contributed by atoms with Gasteiger partial charge in [-0.1, -0.05) is 30.3 Å². The van der Waals surface area contributed by atoms with Crippen LogP contribution in [0.3, 0.4) is 0 Å². The molecule has 110 valence electrons. The van der Waals surface area contributed by atoms with E-state index in [0.29, 0.717) is 5.75 Å². The van der Waals surface area contributed by atoms with E-state index in [1.807, 2.05) is 61.5 Å². The molecular formula is C17H20N2O2. The molecule has 0 saturated carbocycles. The summed E-state index contributed by atoms with van der Waals surface area (Å²) >= 11 is 0. The lowest BCUT2D eigenvalue weighted by molar-refractivity contribution is -0.123. The summed E-state index contributed by atoms with van der Waals surface area (Å²) in [5.41, 5.74) is 8.34. The largest absolute Gasteiger partial charge is 0.480 e. The number of benzene rings is 2. The highest BCUT2D eigenvalue weighted by atomic mass is 16.5. The second-order valence-electron chi connectivity index (χ2n) is 5.10. The van der Waals surface area contributed by atoms with Gasteiger partial charge in [0.05, 0.1) is 0 Å². The first kappa shape index (κ1) is 14.9. The third kappa shape index (κ3) is 3.54. The SMILES string of the molecule is CC(Oc1ccccc1-c1cccc(N(C)C)c1)C(N)=O. The van der Waals surface area contributed by atoms with E-state index in [-0.39, 0.29) is 0 Å². The zero-order chi connectivity index (χ0) is 15.4. The molecular weight excluding hydrogens is 264 g/mol. The highest BCUT2D eigenvalue weighted by molar-refractivity contribution is 5.79. The molecule has 0 heterocycles. The second kappa shape index (κ2) is 6.31. The van der Waals surface area contributed by atoms with Crippen LogP contribution in [0.15, 0.2) is 48.5 Å². The first-order valence-corrected chi connectivity index (χ1v) is 6.82. The number of primary amides is 1. The van der Waals surface area contributed by atoms with Gasteiger partial charge in [0.15, 0.2) is 6.10 Å². The van der Waals surface area contributed by atoms with Crippen molar-refractivity contribution >= 4 is 11.6 Å². The molecule has 0 saturated heterocycles. The van der Waals surface area contributed by atoms with Gasteiger partial charge in [-0.15, -0.1) is 0 Å². The molecule has 0 bridgehead atoms. The van der Waals surface area contributed by atoms with Crippen LogP contribution in [-0.2, 0) is 4.79 Å². The Bertz CT molecular complexity index is 638. The number of nitrogens with zero attached hydrogens (tertiary/aromatic N) is 1. The van der Waals surface area contributed by atoms with Gasteiger partial charge in [-0.2, -0.15) is 0 Å². The van der Waals surface area contributed by atoms with Gasteiger partial charge in [0.1, 0.15) is 5.75 Å². The number of para-hydroxylation sites is 1. The summed E-state index contributed by atoms with van der Waals surface area (Å²) < 4.78 is 5.67. The number of hydrogen-bond donors (Lipinski definition) is 1. The molecule has 0 aliphatic rings. The minimum Gasteiger partial charge on any atom is -0.480 e. The van der Waals surface area contributed by atoms with Crippen molar-refractivity contribution in [1.29, 1.82) is 0 Å². The van der Waals surface area contributed by atoms with Crippen molar-refractivity contribution in [3.05, 3.63) is 48.5 Å². The van der Waals surface area contributed by atoms with E-state index in [4.69, 9.17) is 10.5 Å². The quantitative estimate of drug-likeness (QED) is 0.918. The van der Waals surface area contributed by atoms with Gasteiger partial charge in [0, 0.05) is 25.3 Å². The lowest BCUT2D eigenvalue weighted by Crippen LogP contribution is -2.30. The minimum absolute atomic E-state index is 0.480. The number of nitrogens with two attached hydrogens (primary N) is 1. The second-order valence-corrected chi connectivity index (χ2v) is 5.10. The van der Waals surface area contributed by atoms with Gasteiger partial charge in [0.2, 0.25) is 0 Å². The van der Waals surface area contributed by atoms with Crippen LogP contribution in [0.1, 0.15) is 6.92 Å². The fourth-order valence-corrected chi connectivity index (χ4v) is 2.01. The maximum atomic E-state index is 11.2. The lowest BCUT2D eigenvalue weighted by atomic mass is 10.0. The topological polar surface area (TPSA) is 55.6 Å². The molecule has 2 rings (SSSR count). The van der Waals surface area contributed by atoms with Crippen molar-refractivity contribution in [3.63, 3.8) is 0 Å². The normalized spacial score (nSPS) is 11.8. The van der Waals surface area contributed by atoms with Crippen molar-refractivity contribution in [3.8, 4) is 16.9 Å². The summed E-state index contributed by atoms with van der Waals surface area (Å²) in [6.45, 7) is 1.65. The van der Waals surface area contributed by atoms with Gasteiger partial charge in [-0.25, -0.2) is 0 Å². The monoisotopic (exact) mass is 284 g/mol. The Kier molecular flexibility index (Phi) is 4.48. The number of hydrogen-bond acceptors (Lipinski definition) is 3. The number of ether oxygens (including phenoxy) is 1. The van der Waals surface area contributed by atoms with Gasteiger partial charge < -0.3 is 15.4 Å². The first-order valence-electron chi connectivity index (χ1n) is 6.82. The molecule has 0 fully saturated rings. The summed E-state index contributed by atoms with van der Waals surface area (Å²) in [6.07, 6.45) is -0.664. The minimum atomic E-state index is -0.664. The molecule has 4 heteroatoms. The average molecular weight is 284 g/mol. The molecule has 2 N–H and O–H groups in total. The number of rotatable bonds is 5. The summed E-state index contributed by atoms with van der Waals surface area (Å²) in [7, 11) is 3.99. The third-order valence-electron chi connectivity index (χ3n) is 3.27. The predicted molar refractivity (Wildman–Crippen MR) is 85.5 cm³/mol. The van der Waals surface area contributed by atoms with E-state index in [1.165, 1.54) is 0 Å². The zero-order valence-corrected chi connectivity index (χ0v) is 12.5. The van der Waals surface area contributed by atoms with Gasteiger partial charge in [-0.05, 0) is 30.7 Å². The average Bonchev–Trinajstić information content (AvgIpc) is 2.47. The van der Waals surface area contributed by atoms with Gasteiger partial charge in [-0.3, -0.25) is 4.79 Å². The number of anilines is 1. The fraction of sp³-hybridized carbons (Fsp3) is 0.235. The molecule has 2 aromatic carbocycles. The van der Waals surface area contributed by atoms with Crippen LogP contribution in [0.25, 0.3) is 11.1 Å². The Morgan fingerprint density at radius 3 is 2.52 bits per heavy atom. The van der Waals surface area contributed by atoms with Crippen LogP contribution in [0.4, 0.5) is 5.69 Å². The standard InChI is InChI=1S/C17H20N2O2/c1-12(17(18)20)21-16-10-5-4-9-15(16)13-7-6-8-14(11-13)19(2)3/h4-12H,1-3H3,(H2,18,20). The molecule has 0 aromatic heterocycles. The van der Waals surface area contributed by atoms with Crippen LogP contribution < -0.4 is 15.4 Å². The fourth-order valence-electron chi connectivity index (χ4n) is 2.01. The Labute approximate surface area is 125 Å². The number of amides is 1. The number of carbonyl (C=O) groups is 1. The molecule has 0 radical (unpaired) electrons. The third-order valence-corrected chi connectivity index (χ3v) is 3.27. The van der Waals surface area contributed by atoms with Crippen LogP contribution in [-0.4, -0.2) is 26.1 Å². The summed E-state index contributed by atoms with van der Waals surface area (Å²) in [5.74, 6) is 0.173. The molecule has 4 nitrogen and oxygen atoms in total. The van der Waals surface area contributed by atoms with E-state index in [1.54, 1.807) is 6.92 Å². The lowest BCUT2D eigenvalue weighted by Gasteiger charge is -2.17. The van der Waals surface area contributed by atoms with Crippen molar-refractivity contribution < 1.29 is 9.53 Å². The maximum absolute atomic E-state index is 11.2. The molecule has 0 aliphatic heterocycles. The van der Waals surface area contributed by atoms with Crippen molar-refractivity contribution in [2.75, 3.05) is 19.0 Å².